The number of hydrogen-bond donors (Lipinski definition) is 1. The molecule has 2 aliphatic rings. The summed E-state index contributed by atoms with van der Waals surface area (Å²) in [7, 11) is 0. The second-order valence-electron chi connectivity index (χ2n) is 6.17. The molecule has 1 heterocycles. The highest BCUT2D eigenvalue weighted by molar-refractivity contribution is 5.82. The van der Waals surface area contributed by atoms with Crippen LogP contribution in [0.25, 0.3) is 0 Å². The Morgan fingerprint density at radius 2 is 2.25 bits per heavy atom. The Bertz CT molecular complexity index is 539. The maximum absolute atomic E-state index is 14.2. The van der Waals surface area contributed by atoms with Crippen molar-refractivity contribution in [3.63, 3.8) is 0 Å². The third-order valence-corrected chi connectivity index (χ3v) is 4.17. The molecule has 3 nitrogen and oxygen atoms in total. The number of rotatable bonds is 4. The minimum atomic E-state index is -0.706. The molecular formula is C16H21FN2O. The third-order valence-electron chi connectivity index (χ3n) is 4.17. The molecule has 1 aliphatic carbocycles. The van der Waals surface area contributed by atoms with Crippen LogP contribution >= 0.6 is 0 Å². The van der Waals surface area contributed by atoms with Gasteiger partial charge in [-0.25, -0.2) is 4.39 Å². The zero-order chi connectivity index (χ0) is 14.2. The molecule has 0 unspecified atom stereocenters. The van der Waals surface area contributed by atoms with E-state index in [2.05, 4.69) is 4.99 Å². The van der Waals surface area contributed by atoms with Crippen molar-refractivity contribution in [2.75, 3.05) is 13.2 Å². The maximum Gasteiger partial charge on any atom is 0.128 e. The van der Waals surface area contributed by atoms with E-state index in [4.69, 9.17) is 10.5 Å². The average Bonchev–Trinajstić information content (AvgIpc) is 3.21. The zero-order valence-electron chi connectivity index (χ0n) is 11.9. The number of ether oxygens (including phenoxy) is 1. The number of aliphatic imine (C=N–C) groups is 1. The quantitative estimate of drug-likeness (QED) is 0.919. The van der Waals surface area contributed by atoms with Gasteiger partial charge in [0.25, 0.3) is 0 Å². The number of halogens is 1. The highest BCUT2D eigenvalue weighted by atomic mass is 19.1. The first kappa shape index (κ1) is 13.6. The summed E-state index contributed by atoms with van der Waals surface area (Å²) in [6, 6.07) is 5.35. The van der Waals surface area contributed by atoms with Crippen LogP contribution in [0.5, 0.6) is 0 Å². The predicted octanol–water partition coefficient (Wildman–Crippen LogP) is 2.77. The molecule has 1 aromatic rings. The van der Waals surface area contributed by atoms with Crippen molar-refractivity contribution < 1.29 is 9.13 Å². The number of nitrogens with zero attached hydrogens (tertiary/aromatic N) is 1. The molecule has 0 aromatic heterocycles. The van der Waals surface area contributed by atoms with E-state index in [1.54, 1.807) is 6.07 Å². The molecular weight excluding hydrogens is 255 g/mol. The van der Waals surface area contributed by atoms with Gasteiger partial charge in [0.15, 0.2) is 0 Å². The van der Waals surface area contributed by atoms with Crippen LogP contribution in [0, 0.1) is 11.7 Å². The van der Waals surface area contributed by atoms with Crippen LogP contribution < -0.4 is 5.73 Å². The SMILES string of the molecule is C[C@@]1(c2cc(CCC3CC3)ccc2F)COCC(N)=N1. The number of nitrogens with two attached hydrogens (primary N) is 1. The first-order valence-corrected chi connectivity index (χ1v) is 7.28. The van der Waals surface area contributed by atoms with Gasteiger partial charge in [-0.15, -0.1) is 0 Å². The minimum absolute atomic E-state index is 0.232. The summed E-state index contributed by atoms with van der Waals surface area (Å²) in [4.78, 5) is 4.42. The summed E-state index contributed by atoms with van der Waals surface area (Å²) in [5.41, 5.74) is 6.80. The largest absolute Gasteiger partial charge is 0.386 e. The molecule has 2 N–H and O–H groups in total. The van der Waals surface area contributed by atoms with Gasteiger partial charge in [0.2, 0.25) is 0 Å². The lowest BCUT2D eigenvalue weighted by Crippen LogP contribution is -2.38. The number of benzene rings is 1. The lowest BCUT2D eigenvalue weighted by Gasteiger charge is -2.30. The van der Waals surface area contributed by atoms with Crippen molar-refractivity contribution in [1.29, 1.82) is 0 Å². The van der Waals surface area contributed by atoms with Crippen molar-refractivity contribution in [3.8, 4) is 0 Å². The smallest absolute Gasteiger partial charge is 0.128 e. The second-order valence-corrected chi connectivity index (χ2v) is 6.17. The molecule has 0 bridgehead atoms. The fraction of sp³-hybridized carbons (Fsp3) is 0.562. The molecule has 1 aromatic carbocycles. The van der Waals surface area contributed by atoms with Crippen LogP contribution in [0.4, 0.5) is 4.39 Å². The monoisotopic (exact) mass is 276 g/mol. The Morgan fingerprint density at radius 3 is 2.95 bits per heavy atom. The number of aryl methyl sites for hydroxylation is 1. The molecule has 1 aliphatic heterocycles. The van der Waals surface area contributed by atoms with E-state index < -0.39 is 5.54 Å². The normalized spacial score (nSPS) is 26.4. The summed E-state index contributed by atoms with van der Waals surface area (Å²) in [5.74, 6) is 1.08. The van der Waals surface area contributed by atoms with Crippen LogP contribution in [-0.2, 0) is 16.7 Å². The molecule has 1 atom stereocenters. The topological polar surface area (TPSA) is 47.6 Å². The lowest BCUT2D eigenvalue weighted by atomic mass is 9.90. The van der Waals surface area contributed by atoms with E-state index in [1.807, 2.05) is 19.1 Å². The first-order chi connectivity index (χ1) is 9.57. The van der Waals surface area contributed by atoms with E-state index in [9.17, 15) is 4.39 Å². The van der Waals surface area contributed by atoms with Crippen LogP contribution in [0.1, 0.15) is 37.3 Å². The van der Waals surface area contributed by atoms with E-state index in [0.29, 0.717) is 24.6 Å². The highest BCUT2D eigenvalue weighted by Crippen LogP contribution is 2.35. The molecule has 108 valence electrons. The van der Waals surface area contributed by atoms with Crippen LogP contribution in [0.3, 0.4) is 0 Å². The van der Waals surface area contributed by atoms with Gasteiger partial charge in [-0.1, -0.05) is 25.0 Å². The molecule has 0 saturated heterocycles. The molecule has 1 fully saturated rings. The average molecular weight is 276 g/mol. The summed E-state index contributed by atoms with van der Waals surface area (Å²) < 4.78 is 19.6. The zero-order valence-corrected chi connectivity index (χ0v) is 11.9. The van der Waals surface area contributed by atoms with Gasteiger partial charge in [0, 0.05) is 5.56 Å². The highest BCUT2D eigenvalue weighted by Gasteiger charge is 2.32. The Morgan fingerprint density at radius 1 is 1.45 bits per heavy atom. The van der Waals surface area contributed by atoms with Gasteiger partial charge >= 0.3 is 0 Å². The van der Waals surface area contributed by atoms with Gasteiger partial charge in [-0.3, -0.25) is 4.99 Å². The molecule has 20 heavy (non-hydrogen) atoms. The number of hydrogen-bond acceptors (Lipinski definition) is 3. The Balaban J connectivity index is 1.86. The van der Waals surface area contributed by atoms with Crippen molar-refractivity contribution in [3.05, 3.63) is 35.1 Å². The Hall–Kier alpha value is -1.42. The fourth-order valence-corrected chi connectivity index (χ4v) is 2.79. The van der Waals surface area contributed by atoms with Crippen molar-refractivity contribution in [2.45, 2.75) is 38.1 Å². The first-order valence-electron chi connectivity index (χ1n) is 7.28. The lowest BCUT2D eigenvalue weighted by molar-refractivity contribution is 0.104. The summed E-state index contributed by atoms with van der Waals surface area (Å²) in [5, 5.41) is 0. The molecule has 0 amide bonds. The van der Waals surface area contributed by atoms with Crippen LogP contribution in [0.15, 0.2) is 23.2 Å². The minimum Gasteiger partial charge on any atom is -0.386 e. The summed E-state index contributed by atoms with van der Waals surface area (Å²) >= 11 is 0. The van der Waals surface area contributed by atoms with E-state index in [-0.39, 0.29) is 5.82 Å². The van der Waals surface area contributed by atoms with Gasteiger partial charge in [0.1, 0.15) is 23.8 Å². The molecule has 3 rings (SSSR count). The van der Waals surface area contributed by atoms with Gasteiger partial charge < -0.3 is 10.5 Å². The van der Waals surface area contributed by atoms with E-state index in [1.165, 1.54) is 24.8 Å². The van der Waals surface area contributed by atoms with Gasteiger partial charge in [0.05, 0.1) is 6.61 Å². The third kappa shape index (κ3) is 2.85. The Kier molecular flexibility index (Phi) is 3.50. The van der Waals surface area contributed by atoms with Crippen molar-refractivity contribution >= 4 is 5.84 Å². The molecule has 0 spiro atoms. The van der Waals surface area contributed by atoms with Crippen molar-refractivity contribution in [2.24, 2.45) is 16.6 Å². The molecule has 1 saturated carbocycles. The summed E-state index contributed by atoms with van der Waals surface area (Å²) in [6.07, 6.45) is 4.90. The van der Waals surface area contributed by atoms with Crippen LogP contribution in [-0.4, -0.2) is 19.0 Å². The van der Waals surface area contributed by atoms with Gasteiger partial charge in [-0.05, 0) is 37.3 Å². The molecule has 0 radical (unpaired) electrons. The predicted molar refractivity (Wildman–Crippen MR) is 77.2 cm³/mol. The fourth-order valence-electron chi connectivity index (χ4n) is 2.79. The number of amidine groups is 1. The molecule has 4 heteroatoms. The Labute approximate surface area is 119 Å². The van der Waals surface area contributed by atoms with E-state index >= 15 is 0 Å². The van der Waals surface area contributed by atoms with Crippen LogP contribution in [0.2, 0.25) is 0 Å². The second kappa shape index (κ2) is 5.17. The standard InChI is InChI=1S/C16H21FN2O/c1-16(10-20-9-15(18)19-16)13-8-12(6-7-14(13)17)5-4-11-2-3-11/h6-8,11H,2-5,9-10H2,1H3,(H2,18,19)/t16-/m0/s1. The van der Waals surface area contributed by atoms with Gasteiger partial charge in [-0.2, -0.15) is 0 Å². The maximum atomic E-state index is 14.2. The van der Waals surface area contributed by atoms with Crippen molar-refractivity contribution in [1.82, 2.24) is 0 Å². The van der Waals surface area contributed by atoms with E-state index in [0.717, 1.165) is 12.3 Å². The summed E-state index contributed by atoms with van der Waals surface area (Å²) in [6.45, 7) is 2.58.